The van der Waals surface area contributed by atoms with E-state index in [0.29, 0.717) is 12.1 Å². The van der Waals surface area contributed by atoms with Gasteiger partial charge in [0, 0.05) is 13.2 Å². The number of rotatable bonds is 7. The maximum Gasteiger partial charge on any atom is 0.0755 e. The summed E-state index contributed by atoms with van der Waals surface area (Å²) < 4.78 is 6.05. The lowest BCUT2D eigenvalue weighted by molar-refractivity contribution is -0.0147. The molecule has 1 N–H and O–H groups in total. The Labute approximate surface area is 132 Å². The molecule has 2 nitrogen and oxygen atoms in total. The predicted molar refractivity (Wildman–Crippen MR) is 90.6 cm³/mol. The molecule has 0 spiro atoms. The first-order valence-electron chi connectivity index (χ1n) is 9.56. The third kappa shape index (κ3) is 4.69. The van der Waals surface area contributed by atoms with Crippen molar-refractivity contribution in [1.82, 2.24) is 5.32 Å². The molecule has 0 amide bonds. The Morgan fingerprint density at radius 1 is 0.905 bits per heavy atom. The molecule has 0 aliphatic heterocycles. The molecule has 2 atom stereocenters. The summed E-state index contributed by atoms with van der Waals surface area (Å²) in [5.74, 6) is 2.61. The Kier molecular flexibility index (Phi) is 7.53. The Bertz CT molecular complexity index is 267. The predicted octanol–water partition coefficient (Wildman–Crippen LogP) is 4.78. The van der Waals surface area contributed by atoms with E-state index in [1.807, 2.05) is 7.11 Å². The average molecular weight is 296 g/mol. The second-order valence-electron chi connectivity index (χ2n) is 7.37. The molecular weight excluding hydrogens is 258 g/mol. The zero-order valence-corrected chi connectivity index (χ0v) is 14.6. The second kappa shape index (κ2) is 9.15. The lowest BCUT2D eigenvalue weighted by atomic mass is 9.72. The first kappa shape index (κ1) is 17.3. The van der Waals surface area contributed by atoms with Crippen molar-refractivity contribution in [2.45, 2.75) is 90.2 Å². The van der Waals surface area contributed by atoms with E-state index >= 15 is 0 Å². The zero-order valence-electron chi connectivity index (χ0n) is 14.6. The third-order valence-corrected chi connectivity index (χ3v) is 6.16. The van der Waals surface area contributed by atoms with Gasteiger partial charge in [0.2, 0.25) is 0 Å². The van der Waals surface area contributed by atoms with Gasteiger partial charge in [-0.3, -0.25) is 0 Å². The molecule has 21 heavy (non-hydrogen) atoms. The van der Waals surface area contributed by atoms with Crippen LogP contribution in [0.1, 0.15) is 78.1 Å². The van der Waals surface area contributed by atoms with Crippen LogP contribution < -0.4 is 5.32 Å². The van der Waals surface area contributed by atoms with Gasteiger partial charge in [-0.1, -0.05) is 52.4 Å². The first-order chi connectivity index (χ1) is 10.3. The van der Waals surface area contributed by atoms with Crippen LogP contribution in [0, 0.1) is 17.8 Å². The van der Waals surface area contributed by atoms with Gasteiger partial charge >= 0.3 is 0 Å². The molecule has 2 saturated carbocycles. The highest BCUT2D eigenvalue weighted by atomic mass is 16.5. The minimum atomic E-state index is 0.438. The molecule has 0 aromatic carbocycles. The SMILES string of the molecule is CCNC(C1CCC(CC)CC1)C(OC)C1CCCCC1. The van der Waals surface area contributed by atoms with Gasteiger partial charge in [-0.15, -0.1) is 0 Å². The van der Waals surface area contributed by atoms with Crippen LogP contribution >= 0.6 is 0 Å². The molecule has 2 aliphatic carbocycles. The van der Waals surface area contributed by atoms with E-state index in [1.54, 1.807) is 0 Å². The van der Waals surface area contributed by atoms with Gasteiger partial charge in [0.1, 0.15) is 0 Å². The monoisotopic (exact) mass is 295 g/mol. The van der Waals surface area contributed by atoms with Crippen molar-refractivity contribution < 1.29 is 4.74 Å². The van der Waals surface area contributed by atoms with Gasteiger partial charge in [0.15, 0.2) is 0 Å². The molecule has 2 aliphatic rings. The van der Waals surface area contributed by atoms with Crippen molar-refractivity contribution in [3.63, 3.8) is 0 Å². The minimum absolute atomic E-state index is 0.438. The summed E-state index contributed by atoms with van der Waals surface area (Å²) in [7, 11) is 1.95. The van der Waals surface area contributed by atoms with Gasteiger partial charge in [-0.2, -0.15) is 0 Å². The summed E-state index contributed by atoms with van der Waals surface area (Å²) in [5.41, 5.74) is 0. The van der Waals surface area contributed by atoms with Crippen molar-refractivity contribution in [2.75, 3.05) is 13.7 Å². The van der Waals surface area contributed by atoms with E-state index < -0.39 is 0 Å². The van der Waals surface area contributed by atoms with Crippen LogP contribution in [0.15, 0.2) is 0 Å². The standard InChI is InChI=1S/C19H37NO/c1-4-15-11-13-16(14-12-15)18(20-5-2)19(21-3)17-9-7-6-8-10-17/h15-20H,4-14H2,1-3H3. The van der Waals surface area contributed by atoms with E-state index in [9.17, 15) is 0 Å². The molecule has 124 valence electrons. The van der Waals surface area contributed by atoms with Crippen LogP contribution in [0.5, 0.6) is 0 Å². The van der Waals surface area contributed by atoms with Crippen molar-refractivity contribution in [3.05, 3.63) is 0 Å². The van der Waals surface area contributed by atoms with Crippen LogP contribution in [-0.4, -0.2) is 25.8 Å². The van der Waals surface area contributed by atoms with Crippen LogP contribution in [0.4, 0.5) is 0 Å². The topological polar surface area (TPSA) is 21.3 Å². The third-order valence-electron chi connectivity index (χ3n) is 6.16. The number of nitrogens with one attached hydrogen (secondary N) is 1. The van der Waals surface area contributed by atoms with E-state index in [1.165, 1.54) is 64.2 Å². The smallest absolute Gasteiger partial charge is 0.0755 e. The number of hydrogen-bond acceptors (Lipinski definition) is 2. The maximum atomic E-state index is 6.05. The van der Waals surface area contributed by atoms with E-state index in [-0.39, 0.29) is 0 Å². The molecule has 0 bridgehead atoms. The number of likely N-dealkylation sites (N-methyl/N-ethyl adjacent to an activating group) is 1. The van der Waals surface area contributed by atoms with Gasteiger partial charge in [-0.05, 0) is 50.0 Å². The van der Waals surface area contributed by atoms with Gasteiger partial charge in [0.25, 0.3) is 0 Å². The zero-order chi connectivity index (χ0) is 15.1. The van der Waals surface area contributed by atoms with Crippen molar-refractivity contribution >= 4 is 0 Å². The van der Waals surface area contributed by atoms with Crippen LogP contribution in [-0.2, 0) is 4.74 Å². The Balaban J connectivity index is 1.98. The highest BCUT2D eigenvalue weighted by molar-refractivity contribution is 4.91. The minimum Gasteiger partial charge on any atom is -0.380 e. The fourth-order valence-electron chi connectivity index (χ4n) is 4.84. The summed E-state index contributed by atoms with van der Waals surface area (Å²) in [5, 5.41) is 3.81. The summed E-state index contributed by atoms with van der Waals surface area (Å²) in [6, 6.07) is 0.584. The molecule has 2 rings (SSSR count). The van der Waals surface area contributed by atoms with Gasteiger partial charge in [0.05, 0.1) is 6.10 Å². The number of methoxy groups -OCH3 is 1. The van der Waals surface area contributed by atoms with E-state index in [2.05, 4.69) is 19.2 Å². The summed E-state index contributed by atoms with van der Waals surface area (Å²) in [6.07, 6.45) is 14.5. The molecule has 2 fully saturated rings. The molecule has 0 saturated heterocycles. The molecule has 2 heteroatoms. The van der Waals surface area contributed by atoms with Crippen molar-refractivity contribution in [2.24, 2.45) is 17.8 Å². The van der Waals surface area contributed by atoms with Crippen molar-refractivity contribution in [3.8, 4) is 0 Å². The Morgan fingerprint density at radius 3 is 2.10 bits per heavy atom. The van der Waals surface area contributed by atoms with E-state index in [0.717, 1.165) is 24.3 Å². The highest BCUT2D eigenvalue weighted by Gasteiger charge is 2.36. The number of hydrogen-bond donors (Lipinski definition) is 1. The fourth-order valence-corrected chi connectivity index (χ4v) is 4.84. The van der Waals surface area contributed by atoms with Crippen molar-refractivity contribution in [1.29, 1.82) is 0 Å². The van der Waals surface area contributed by atoms with Crippen LogP contribution in [0.25, 0.3) is 0 Å². The van der Waals surface area contributed by atoms with E-state index in [4.69, 9.17) is 4.74 Å². The van der Waals surface area contributed by atoms with Crippen LogP contribution in [0.3, 0.4) is 0 Å². The molecule has 0 aromatic rings. The normalized spacial score (nSPS) is 31.0. The number of ether oxygens (including phenoxy) is 1. The lowest BCUT2D eigenvalue weighted by Gasteiger charge is -2.41. The highest BCUT2D eigenvalue weighted by Crippen LogP contribution is 2.37. The quantitative estimate of drug-likeness (QED) is 0.730. The molecule has 0 aromatic heterocycles. The average Bonchev–Trinajstić information content (AvgIpc) is 2.56. The lowest BCUT2D eigenvalue weighted by Crippen LogP contribution is -2.50. The summed E-state index contributed by atoms with van der Waals surface area (Å²) >= 11 is 0. The van der Waals surface area contributed by atoms with Gasteiger partial charge in [-0.25, -0.2) is 0 Å². The molecule has 2 unspecified atom stereocenters. The Morgan fingerprint density at radius 2 is 1.57 bits per heavy atom. The largest absolute Gasteiger partial charge is 0.380 e. The molecule has 0 radical (unpaired) electrons. The second-order valence-corrected chi connectivity index (χ2v) is 7.37. The molecule has 0 heterocycles. The van der Waals surface area contributed by atoms with Gasteiger partial charge < -0.3 is 10.1 Å². The Hall–Kier alpha value is -0.0800. The summed E-state index contributed by atoms with van der Waals surface area (Å²) in [6.45, 7) is 5.68. The van der Waals surface area contributed by atoms with Crippen LogP contribution in [0.2, 0.25) is 0 Å². The molecular formula is C19H37NO. The summed E-state index contributed by atoms with van der Waals surface area (Å²) in [4.78, 5) is 0. The maximum absolute atomic E-state index is 6.05. The fraction of sp³-hybridized carbons (Fsp3) is 1.00. The first-order valence-corrected chi connectivity index (χ1v) is 9.56.